The van der Waals surface area contributed by atoms with E-state index in [0.29, 0.717) is 0 Å². The Kier molecular flexibility index (Phi) is 27.3. The first-order valence-corrected chi connectivity index (χ1v) is 7.67. The van der Waals surface area contributed by atoms with Crippen molar-refractivity contribution < 1.29 is 75.5 Å². The number of hydrogen-bond acceptors (Lipinski definition) is 3. The number of benzene rings is 2. The van der Waals surface area contributed by atoms with Gasteiger partial charge in [0.15, 0.2) is 0 Å². The Hall–Kier alpha value is 2.01. The molecule has 0 aliphatic carbocycles. The summed E-state index contributed by atoms with van der Waals surface area (Å²) in [5.41, 5.74) is 0. The summed E-state index contributed by atoms with van der Waals surface area (Å²) in [6.07, 6.45) is 3.77. The Balaban J connectivity index is -0.000000219. The summed E-state index contributed by atoms with van der Waals surface area (Å²) in [7, 11) is 0. The summed E-state index contributed by atoms with van der Waals surface area (Å²) in [6.45, 7) is 0. The molecule has 19 heavy (non-hydrogen) atoms. The molecule has 0 amide bonds. The van der Waals surface area contributed by atoms with Gasteiger partial charge in [-0.2, -0.15) is 12.6 Å². The molecule has 2 rings (SSSR count). The first kappa shape index (κ1) is 25.9. The van der Waals surface area contributed by atoms with Gasteiger partial charge in [-0.15, -0.1) is 24.4 Å². The third-order valence-corrected chi connectivity index (χ3v) is 2.78. The van der Waals surface area contributed by atoms with Crippen molar-refractivity contribution >= 4 is 37.0 Å². The fourth-order valence-corrected chi connectivity index (χ4v) is 1.59. The fraction of sp³-hybridized carbons (Fsp3) is 0.143. The van der Waals surface area contributed by atoms with Crippen LogP contribution in [0.3, 0.4) is 0 Å². The first-order valence-electron chi connectivity index (χ1n) is 5.10. The predicted molar refractivity (Wildman–Crippen MR) is 86.8 cm³/mol. The van der Waals surface area contributed by atoms with Crippen LogP contribution in [0.2, 0.25) is 0 Å². The molecule has 0 N–H and O–H groups in total. The summed E-state index contributed by atoms with van der Waals surface area (Å²) in [5.74, 6) is 0. The van der Waals surface area contributed by atoms with Crippen LogP contribution in [0.5, 0.6) is 0 Å². The molecule has 0 radical (unpaired) electrons. The van der Waals surface area contributed by atoms with Crippen LogP contribution in [0.25, 0.3) is 0 Å². The quantitative estimate of drug-likeness (QED) is 0.536. The second-order valence-electron chi connectivity index (χ2n) is 2.85. The summed E-state index contributed by atoms with van der Waals surface area (Å²) < 4.78 is 0. The van der Waals surface area contributed by atoms with Crippen molar-refractivity contribution in [2.45, 2.75) is 9.79 Å². The van der Waals surface area contributed by atoms with E-state index in [2.05, 4.69) is 43.6 Å². The summed E-state index contributed by atoms with van der Waals surface area (Å²) in [5, 5.41) is 0. The molecule has 0 aliphatic rings. The fourth-order valence-electron chi connectivity index (χ4n) is 0.985. The molecule has 108 valence electrons. The van der Waals surface area contributed by atoms with Crippen molar-refractivity contribution in [1.29, 1.82) is 0 Å². The first-order chi connectivity index (χ1) is 8.33. The van der Waals surface area contributed by atoms with Gasteiger partial charge in [-0.1, -0.05) is 36.4 Å². The van der Waals surface area contributed by atoms with E-state index in [-0.39, 0.29) is 75.5 Å². The van der Waals surface area contributed by atoms with Gasteiger partial charge < -0.3 is 0 Å². The van der Waals surface area contributed by atoms with Crippen LogP contribution >= 0.6 is 37.0 Å². The molecule has 0 aromatic heterocycles. The van der Waals surface area contributed by atoms with Crippen molar-refractivity contribution in [3.63, 3.8) is 0 Å². The minimum absolute atomic E-state index is 0. The van der Waals surface area contributed by atoms with Gasteiger partial charge in [0.1, 0.15) is 0 Å². The topological polar surface area (TPSA) is 0 Å². The Bertz CT molecular complexity index is 369. The van der Waals surface area contributed by atoms with Crippen LogP contribution in [0.1, 0.15) is 0 Å². The SMILES string of the molecule is CS.CSc1ccccc1.Sc1ccccc1.[Ar].[Ar]. The molecule has 0 heterocycles. The third-order valence-electron chi connectivity index (χ3n) is 1.74. The molecule has 0 nitrogen and oxygen atoms in total. The molecule has 0 spiro atoms. The molecule has 0 fully saturated rings. The van der Waals surface area contributed by atoms with Crippen LogP contribution in [0, 0.1) is 75.5 Å². The summed E-state index contributed by atoms with van der Waals surface area (Å²) in [6, 6.07) is 20.1. The van der Waals surface area contributed by atoms with Crippen molar-refractivity contribution in [3.8, 4) is 0 Å². The van der Waals surface area contributed by atoms with Crippen LogP contribution in [0.4, 0.5) is 0 Å². The minimum Gasteiger partial charge on any atom is -0.183 e. The van der Waals surface area contributed by atoms with Gasteiger partial charge >= 0.3 is 0 Å². The number of rotatable bonds is 1. The number of thioether (sulfide) groups is 1. The van der Waals surface area contributed by atoms with Crippen LogP contribution in [-0.2, 0) is 0 Å². The molecule has 0 atom stereocenters. The van der Waals surface area contributed by atoms with Gasteiger partial charge in [-0.3, -0.25) is 0 Å². The predicted octanol–water partition coefficient (Wildman–Crippen LogP) is 4.93. The molecule has 0 unspecified atom stereocenters. The van der Waals surface area contributed by atoms with E-state index in [1.807, 2.05) is 48.5 Å². The zero-order chi connectivity index (χ0) is 12.9. The van der Waals surface area contributed by atoms with Gasteiger partial charge in [0.2, 0.25) is 0 Å². The van der Waals surface area contributed by atoms with Gasteiger partial charge in [0, 0.05) is 85.3 Å². The zero-order valence-electron chi connectivity index (χ0n) is 10.8. The van der Waals surface area contributed by atoms with Crippen molar-refractivity contribution in [3.05, 3.63) is 60.7 Å². The maximum atomic E-state index is 4.08. The maximum Gasteiger partial charge on any atom is 0.00691 e. The Morgan fingerprint density at radius 3 is 1.32 bits per heavy atom. The van der Waals surface area contributed by atoms with Crippen LogP contribution < -0.4 is 0 Å². The van der Waals surface area contributed by atoms with Crippen molar-refractivity contribution in [2.75, 3.05) is 12.5 Å². The van der Waals surface area contributed by atoms with E-state index in [9.17, 15) is 0 Å². The summed E-state index contributed by atoms with van der Waals surface area (Å²) in [4.78, 5) is 2.34. The van der Waals surface area contributed by atoms with E-state index in [4.69, 9.17) is 0 Å². The number of hydrogen-bond donors (Lipinski definition) is 2. The Morgan fingerprint density at radius 2 is 1.11 bits per heavy atom. The molecule has 5 heteroatoms. The molecule has 0 saturated heterocycles. The molecule has 0 saturated carbocycles. The van der Waals surface area contributed by atoms with Crippen molar-refractivity contribution in [1.82, 2.24) is 0 Å². The molecule has 0 bridgehead atoms. The largest absolute Gasteiger partial charge is 0.183 e. The second kappa shape index (κ2) is 20.0. The zero-order valence-corrected chi connectivity index (χ0v) is 14.8. The van der Waals surface area contributed by atoms with E-state index in [1.54, 1.807) is 18.0 Å². The van der Waals surface area contributed by atoms with E-state index >= 15 is 0 Å². The smallest absolute Gasteiger partial charge is 0.00691 e. The Morgan fingerprint density at radius 1 is 0.737 bits per heavy atom. The third kappa shape index (κ3) is 16.2. The molecule has 0 aliphatic heterocycles. The van der Waals surface area contributed by atoms with Gasteiger partial charge in [-0.25, -0.2) is 0 Å². The number of thiol groups is 2. The van der Waals surface area contributed by atoms with Gasteiger partial charge in [0.25, 0.3) is 0 Å². The second-order valence-corrected chi connectivity index (χ2v) is 4.25. The average Bonchev–Trinajstić information content (AvgIpc) is 2.43. The maximum absolute atomic E-state index is 4.08. The Labute approximate surface area is 192 Å². The van der Waals surface area contributed by atoms with Gasteiger partial charge in [0.05, 0.1) is 0 Å². The van der Waals surface area contributed by atoms with E-state index < -0.39 is 0 Å². The van der Waals surface area contributed by atoms with Crippen molar-refractivity contribution in [2.24, 2.45) is 0 Å². The van der Waals surface area contributed by atoms with Crippen LogP contribution in [-0.4, -0.2) is 12.5 Å². The average molecular weight is 362 g/mol. The molecule has 2 aromatic rings. The van der Waals surface area contributed by atoms with E-state index in [1.165, 1.54) is 4.90 Å². The van der Waals surface area contributed by atoms with E-state index in [0.717, 1.165) is 4.90 Å². The van der Waals surface area contributed by atoms with Gasteiger partial charge in [-0.05, 0) is 36.8 Å². The summed E-state index contributed by atoms with van der Waals surface area (Å²) >= 11 is 9.38. The normalized spacial score (nSPS) is 7.37. The van der Waals surface area contributed by atoms with Crippen LogP contribution in [0.15, 0.2) is 70.5 Å². The molecule has 2 aromatic carbocycles. The molecular weight excluding hydrogens is 344 g/mol. The molecular formula is C14H18Ar2S3. The monoisotopic (exact) mass is 362 g/mol. The standard InChI is InChI=1S/C7H8S.C6H6S.CH4S.2Ar/c1-8-7-5-3-2-4-6-7;7-6-4-2-1-3-5-6;1-2;;/h2-6H,1H3;1-5,7H;2H,1H3;;. The minimum atomic E-state index is 0.